The lowest BCUT2D eigenvalue weighted by Crippen LogP contribution is -2.30. The van der Waals surface area contributed by atoms with Crippen LogP contribution in [0.3, 0.4) is 0 Å². The first kappa shape index (κ1) is 12.6. The van der Waals surface area contributed by atoms with Gasteiger partial charge in [-0.05, 0) is 30.9 Å². The van der Waals surface area contributed by atoms with E-state index in [-0.39, 0.29) is 11.8 Å². The standard InChI is InChI=1S/C14H17NO3/c1-15(13(16)11-6-7-11)9-8-10-4-2-3-5-12(10)14(17)18/h2-5,11H,6-9H2,1H3,(H,17,18). The molecule has 1 fully saturated rings. The third-order valence-electron chi connectivity index (χ3n) is 3.27. The van der Waals surface area contributed by atoms with Gasteiger partial charge in [0.05, 0.1) is 5.56 Å². The van der Waals surface area contributed by atoms with Crippen molar-refractivity contribution < 1.29 is 14.7 Å². The summed E-state index contributed by atoms with van der Waals surface area (Å²) in [6, 6.07) is 6.94. The first-order chi connectivity index (χ1) is 8.59. The average Bonchev–Trinajstić information content (AvgIpc) is 3.19. The third-order valence-corrected chi connectivity index (χ3v) is 3.27. The maximum atomic E-state index is 11.8. The summed E-state index contributed by atoms with van der Waals surface area (Å²) in [6.07, 6.45) is 2.57. The van der Waals surface area contributed by atoms with Crippen LogP contribution in [0.4, 0.5) is 0 Å². The fourth-order valence-corrected chi connectivity index (χ4v) is 1.99. The highest BCUT2D eigenvalue weighted by Gasteiger charge is 2.31. The van der Waals surface area contributed by atoms with Crippen LogP contribution in [-0.2, 0) is 11.2 Å². The highest BCUT2D eigenvalue weighted by molar-refractivity contribution is 5.89. The minimum absolute atomic E-state index is 0.183. The molecule has 4 nitrogen and oxygen atoms in total. The molecule has 18 heavy (non-hydrogen) atoms. The molecule has 0 spiro atoms. The lowest BCUT2D eigenvalue weighted by atomic mass is 10.0. The van der Waals surface area contributed by atoms with Crippen LogP contribution in [0.25, 0.3) is 0 Å². The van der Waals surface area contributed by atoms with E-state index in [1.54, 1.807) is 30.1 Å². The van der Waals surface area contributed by atoms with Gasteiger partial charge in [0, 0.05) is 19.5 Å². The molecule has 1 aromatic rings. The molecule has 0 unspecified atom stereocenters. The molecule has 0 heterocycles. The molecule has 1 aromatic carbocycles. The molecule has 1 aliphatic carbocycles. The quantitative estimate of drug-likeness (QED) is 0.863. The second-order valence-corrected chi connectivity index (χ2v) is 4.75. The van der Waals surface area contributed by atoms with Gasteiger partial charge in [-0.25, -0.2) is 4.79 Å². The highest BCUT2D eigenvalue weighted by atomic mass is 16.4. The first-order valence-electron chi connectivity index (χ1n) is 6.15. The van der Waals surface area contributed by atoms with E-state index < -0.39 is 5.97 Å². The number of aromatic carboxylic acids is 1. The minimum Gasteiger partial charge on any atom is -0.478 e. The van der Waals surface area contributed by atoms with Crippen LogP contribution in [0.1, 0.15) is 28.8 Å². The Morgan fingerprint density at radius 1 is 1.33 bits per heavy atom. The topological polar surface area (TPSA) is 57.6 Å². The van der Waals surface area contributed by atoms with Crippen molar-refractivity contribution in [2.75, 3.05) is 13.6 Å². The highest BCUT2D eigenvalue weighted by Crippen LogP contribution is 2.30. The molecule has 0 aromatic heterocycles. The summed E-state index contributed by atoms with van der Waals surface area (Å²) >= 11 is 0. The second kappa shape index (κ2) is 5.21. The fourth-order valence-electron chi connectivity index (χ4n) is 1.99. The molecule has 96 valence electrons. The minimum atomic E-state index is -0.915. The number of carboxylic acids is 1. The van der Waals surface area contributed by atoms with E-state index in [9.17, 15) is 9.59 Å². The Bertz CT molecular complexity index is 466. The molecule has 1 amide bonds. The van der Waals surface area contributed by atoms with Crippen LogP contribution in [0, 0.1) is 5.92 Å². The Hall–Kier alpha value is -1.84. The van der Waals surface area contributed by atoms with Gasteiger partial charge in [0.25, 0.3) is 0 Å². The van der Waals surface area contributed by atoms with Crippen molar-refractivity contribution in [1.29, 1.82) is 0 Å². The van der Waals surface area contributed by atoms with Gasteiger partial charge in [0.1, 0.15) is 0 Å². The zero-order chi connectivity index (χ0) is 13.1. The van der Waals surface area contributed by atoms with Gasteiger partial charge < -0.3 is 10.0 Å². The SMILES string of the molecule is CN(CCc1ccccc1C(=O)O)C(=O)C1CC1. The van der Waals surface area contributed by atoms with Crippen LogP contribution < -0.4 is 0 Å². The van der Waals surface area contributed by atoms with Gasteiger partial charge in [0.2, 0.25) is 5.91 Å². The Balaban J connectivity index is 1.97. The third kappa shape index (κ3) is 2.88. The van der Waals surface area contributed by atoms with E-state index >= 15 is 0 Å². The number of hydrogen-bond donors (Lipinski definition) is 1. The fraction of sp³-hybridized carbons (Fsp3) is 0.429. The van der Waals surface area contributed by atoms with Crippen LogP contribution in [0.5, 0.6) is 0 Å². The number of likely N-dealkylation sites (N-methyl/N-ethyl adjacent to an activating group) is 1. The van der Waals surface area contributed by atoms with E-state index in [0.717, 1.165) is 18.4 Å². The molecule has 0 bridgehead atoms. The number of hydrogen-bond acceptors (Lipinski definition) is 2. The summed E-state index contributed by atoms with van der Waals surface area (Å²) in [6.45, 7) is 0.569. The number of carbonyl (C=O) groups excluding carboxylic acids is 1. The van der Waals surface area contributed by atoms with Gasteiger partial charge in [-0.2, -0.15) is 0 Å². The van der Waals surface area contributed by atoms with Crippen molar-refractivity contribution in [3.63, 3.8) is 0 Å². The molecule has 0 radical (unpaired) electrons. The smallest absolute Gasteiger partial charge is 0.335 e. The number of nitrogens with zero attached hydrogens (tertiary/aromatic N) is 1. The van der Waals surface area contributed by atoms with E-state index in [1.165, 1.54) is 0 Å². The van der Waals surface area contributed by atoms with E-state index in [1.807, 2.05) is 6.07 Å². The largest absolute Gasteiger partial charge is 0.478 e. The predicted molar refractivity (Wildman–Crippen MR) is 67.5 cm³/mol. The average molecular weight is 247 g/mol. The van der Waals surface area contributed by atoms with E-state index in [2.05, 4.69) is 0 Å². The van der Waals surface area contributed by atoms with Gasteiger partial charge in [-0.3, -0.25) is 4.79 Å². The van der Waals surface area contributed by atoms with Gasteiger partial charge in [-0.15, -0.1) is 0 Å². The van der Waals surface area contributed by atoms with Crippen molar-refractivity contribution in [2.45, 2.75) is 19.3 Å². The Morgan fingerprint density at radius 3 is 2.61 bits per heavy atom. The van der Waals surface area contributed by atoms with Crippen molar-refractivity contribution in [3.8, 4) is 0 Å². The van der Waals surface area contributed by atoms with E-state index in [0.29, 0.717) is 18.5 Å². The number of benzene rings is 1. The Labute approximate surface area is 106 Å². The number of carboxylic acid groups (broad SMARTS) is 1. The van der Waals surface area contributed by atoms with Crippen LogP contribution in [0.15, 0.2) is 24.3 Å². The molecule has 2 rings (SSSR count). The number of rotatable bonds is 5. The summed E-state index contributed by atoms with van der Waals surface area (Å²) in [7, 11) is 1.78. The van der Waals surface area contributed by atoms with Crippen molar-refractivity contribution >= 4 is 11.9 Å². The van der Waals surface area contributed by atoms with Crippen molar-refractivity contribution in [2.24, 2.45) is 5.92 Å². The summed E-state index contributed by atoms with van der Waals surface area (Å²) in [5.74, 6) is -0.519. The molecule has 1 saturated carbocycles. The first-order valence-corrected chi connectivity index (χ1v) is 6.15. The van der Waals surface area contributed by atoms with Gasteiger partial charge >= 0.3 is 5.97 Å². The zero-order valence-electron chi connectivity index (χ0n) is 10.4. The Kier molecular flexibility index (Phi) is 3.65. The summed E-state index contributed by atoms with van der Waals surface area (Å²) < 4.78 is 0. The molecule has 0 atom stereocenters. The number of amides is 1. The summed E-state index contributed by atoms with van der Waals surface area (Å²) in [5, 5.41) is 9.06. The van der Waals surface area contributed by atoms with Crippen LogP contribution >= 0.6 is 0 Å². The Morgan fingerprint density at radius 2 is 2.00 bits per heavy atom. The van der Waals surface area contributed by atoms with E-state index in [4.69, 9.17) is 5.11 Å². The van der Waals surface area contributed by atoms with Gasteiger partial charge in [0.15, 0.2) is 0 Å². The van der Waals surface area contributed by atoms with Crippen molar-refractivity contribution in [3.05, 3.63) is 35.4 Å². The molecule has 0 aliphatic heterocycles. The molecule has 0 saturated heterocycles. The molecular formula is C14H17NO3. The zero-order valence-corrected chi connectivity index (χ0v) is 10.4. The summed E-state index contributed by atoms with van der Waals surface area (Å²) in [4.78, 5) is 24.5. The monoisotopic (exact) mass is 247 g/mol. The molecule has 4 heteroatoms. The van der Waals surface area contributed by atoms with Crippen LogP contribution in [-0.4, -0.2) is 35.5 Å². The maximum Gasteiger partial charge on any atom is 0.335 e. The lowest BCUT2D eigenvalue weighted by molar-refractivity contribution is -0.131. The number of carbonyl (C=O) groups is 2. The van der Waals surface area contributed by atoms with Crippen LogP contribution in [0.2, 0.25) is 0 Å². The van der Waals surface area contributed by atoms with Crippen molar-refractivity contribution in [1.82, 2.24) is 4.90 Å². The van der Waals surface area contributed by atoms with Gasteiger partial charge in [-0.1, -0.05) is 18.2 Å². The summed E-state index contributed by atoms with van der Waals surface area (Å²) in [5.41, 5.74) is 1.10. The predicted octanol–water partition coefficient (Wildman–Crippen LogP) is 1.80. The normalized spacial score (nSPS) is 14.3. The second-order valence-electron chi connectivity index (χ2n) is 4.75. The molecule has 1 N–H and O–H groups in total. The lowest BCUT2D eigenvalue weighted by Gasteiger charge is -2.17. The molecular weight excluding hydrogens is 230 g/mol. The maximum absolute atomic E-state index is 11.8. The molecule has 1 aliphatic rings.